The second-order valence-corrected chi connectivity index (χ2v) is 6.44. The van der Waals surface area contributed by atoms with Crippen LogP contribution in [0.15, 0.2) is 54.6 Å². The Hall–Kier alpha value is -2.29. The van der Waals surface area contributed by atoms with Crippen LogP contribution in [-0.4, -0.2) is 19.0 Å². The fraction of sp³-hybridized carbons (Fsp3) is 0.381. The molecule has 1 aliphatic rings. The van der Waals surface area contributed by atoms with E-state index >= 15 is 0 Å². The third-order valence-electron chi connectivity index (χ3n) is 4.77. The van der Waals surface area contributed by atoms with E-state index in [1.54, 1.807) is 0 Å². The van der Waals surface area contributed by atoms with Crippen LogP contribution in [0.25, 0.3) is 0 Å². The largest absolute Gasteiger partial charge is 0.372 e. The lowest BCUT2D eigenvalue weighted by Crippen LogP contribution is -2.30. The van der Waals surface area contributed by atoms with Gasteiger partial charge in [-0.1, -0.05) is 37.3 Å². The van der Waals surface area contributed by atoms with Gasteiger partial charge < -0.3 is 10.2 Å². The quantitative estimate of drug-likeness (QED) is 0.875. The third kappa shape index (κ3) is 3.97. The van der Waals surface area contributed by atoms with E-state index in [4.69, 9.17) is 0 Å². The molecule has 1 N–H and O–H groups in total. The fourth-order valence-corrected chi connectivity index (χ4v) is 3.32. The molecule has 0 radical (unpaired) electrons. The number of piperidine rings is 1. The smallest absolute Gasteiger partial charge is 0.251 e. The number of nitrogens with zero attached hydrogens (tertiary/aromatic N) is 1. The van der Waals surface area contributed by atoms with Gasteiger partial charge in [-0.2, -0.15) is 0 Å². The van der Waals surface area contributed by atoms with Gasteiger partial charge in [0.1, 0.15) is 0 Å². The molecule has 2 aromatic rings. The molecule has 0 aromatic heterocycles. The summed E-state index contributed by atoms with van der Waals surface area (Å²) in [4.78, 5) is 15.0. The van der Waals surface area contributed by atoms with E-state index in [9.17, 15) is 4.79 Å². The molecule has 1 aliphatic heterocycles. The molecule has 1 atom stereocenters. The van der Waals surface area contributed by atoms with Crippen LogP contribution >= 0.6 is 0 Å². The minimum absolute atomic E-state index is 0.00380. The lowest BCUT2D eigenvalue weighted by Gasteiger charge is -2.28. The number of rotatable bonds is 5. The van der Waals surface area contributed by atoms with Gasteiger partial charge in [0, 0.05) is 24.3 Å². The van der Waals surface area contributed by atoms with Gasteiger partial charge in [0.05, 0.1) is 6.04 Å². The van der Waals surface area contributed by atoms with Crippen LogP contribution in [-0.2, 0) is 0 Å². The van der Waals surface area contributed by atoms with Gasteiger partial charge >= 0.3 is 0 Å². The average Bonchev–Trinajstić information content (AvgIpc) is 2.67. The van der Waals surface area contributed by atoms with E-state index in [0.29, 0.717) is 0 Å². The van der Waals surface area contributed by atoms with Gasteiger partial charge in [-0.3, -0.25) is 4.79 Å². The van der Waals surface area contributed by atoms with Crippen LogP contribution in [0.2, 0.25) is 0 Å². The topological polar surface area (TPSA) is 32.3 Å². The van der Waals surface area contributed by atoms with Crippen LogP contribution < -0.4 is 10.2 Å². The number of hydrogen-bond donors (Lipinski definition) is 1. The maximum atomic E-state index is 12.6. The van der Waals surface area contributed by atoms with Gasteiger partial charge in [-0.05, 0) is 55.5 Å². The third-order valence-corrected chi connectivity index (χ3v) is 4.77. The van der Waals surface area contributed by atoms with Crippen molar-refractivity contribution in [3.8, 4) is 0 Å². The lowest BCUT2D eigenvalue weighted by molar-refractivity contribution is 0.0935. The first-order valence-corrected chi connectivity index (χ1v) is 8.98. The Morgan fingerprint density at radius 3 is 2.29 bits per heavy atom. The van der Waals surface area contributed by atoms with E-state index < -0.39 is 0 Å². The molecule has 3 rings (SSSR count). The maximum Gasteiger partial charge on any atom is 0.251 e. The Kier molecular flexibility index (Phi) is 5.52. The standard InChI is InChI=1S/C21H26N2O/c1-2-20(17-9-5-3-6-10-17)22-21(24)18-11-13-19(14-12-18)23-15-7-4-8-16-23/h3,5-6,9-14,20H,2,4,7-8,15-16H2,1H3,(H,22,24)/t20-/m0/s1. The summed E-state index contributed by atoms with van der Waals surface area (Å²) in [6.07, 6.45) is 4.73. The molecule has 1 amide bonds. The predicted octanol–water partition coefficient (Wildman–Crippen LogP) is 4.56. The van der Waals surface area contributed by atoms with E-state index in [2.05, 4.69) is 41.4 Å². The highest BCUT2D eigenvalue weighted by Crippen LogP contribution is 2.21. The molecule has 2 aromatic carbocycles. The van der Waals surface area contributed by atoms with Crippen LogP contribution in [0.1, 0.15) is 54.6 Å². The first kappa shape index (κ1) is 16.6. The minimum atomic E-state index is -0.00380. The number of amides is 1. The monoisotopic (exact) mass is 322 g/mol. The first-order valence-electron chi connectivity index (χ1n) is 8.98. The Balaban J connectivity index is 1.66. The summed E-state index contributed by atoms with van der Waals surface area (Å²) >= 11 is 0. The van der Waals surface area contributed by atoms with Crippen molar-refractivity contribution in [3.63, 3.8) is 0 Å². The summed E-state index contributed by atoms with van der Waals surface area (Å²) in [5.41, 5.74) is 3.10. The molecule has 3 heteroatoms. The predicted molar refractivity (Wildman–Crippen MR) is 99.4 cm³/mol. The molecule has 126 valence electrons. The molecule has 24 heavy (non-hydrogen) atoms. The van der Waals surface area contributed by atoms with Crippen LogP contribution in [0, 0.1) is 0 Å². The maximum absolute atomic E-state index is 12.6. The zero-order chi connectivity index (χ0) is 16.8. The summed E-state index contributed by atoms with van der Waals surface area (Å²) in [5.74, 6) is -0.00380. The Labute approximate surface area is 144 Å². The fourth-order valence-electron chi connectivity index (χ4n) is 3.32. The zero-order valence-electron chi connectivity index (χ0n) is 14.4. The summed E-state index contributed by atoms with van der Waals surface area (Å²) in [6, 6.07) is 18.2. The van der Waals surface area contributed by atoms with Gasteiger partial charge in [-0.25, -0.2) is 0 Å². The molecule has 1 saturated heterocycles. The van der Waals surface area contributed by atoms with E-state index in [1.807, 2.05) is 30.3 Å². The lowest BCUT2D eigenvalue weighted by atomic mass is 10.0. The van der Waals surface area contributed by atoms with Crippen molar-refractivity contribution in [2.75, 3.05) is 18.0 Å². The SMILES string of the molecule is CC[C@H](NC(=O)c1ccc(N2CCCCC2)cc1)c1ccccc1. The molecule has 0 spiro atoms. The second kappa shape index (κ2) is 8.00. The summed E-state index contributed by atoms with van der Waals surface area (Å²) < 4.78 is 0. The van der Waals surface area contributed by atoms with Gasteiger partial charge in [0.15, 0.2) is 0 Å². The van der Waals surface area contributed by atoms with E-state index in [0.717, 1.165) is 30.6 Å². The molecule has 0 unspecified atom stereocenters. The van der Waals surface area contributed by atoms with Crippen LogP contribution in [0.3, 0.4) is 0 Å². The van der Waals surface area contributed by atoms with Crippen LogP contribution in [0.4, 0.5) is 5.69 Å². The molecule has 0 bridgehead atoms. The van der Waals surface area contributed by atoms with Gasteiger partial charge in [0.25, 0.3) is 5.91 Å². The Morgan fingerprint density at radius 2 is 1.67 bits per heavy atom. The Bertz CT molecular complexity index is 645. The molecule has 1 fully saturated rings. The molecule has 0 saturated carbocycles. The second-order valence-electron chi connectivity index (χ2n) is 6.44. The van der Waals surface area contributed by atoms with Crippen molar-refractivity contribution < 1.29 is 4.79 Å². The highest BCUT2D eigenvalue weighted by atomic mass is 16.1. The van der Waals surface area contributed by atoms with Crippen molar-refractivity contribution in [1.29, 1.82) is 0 Å². The zero-order valence-corrected chi connectivity index (χ0v) is 14.4. The Morgan fingerprint density at radius 1 is 1.00 bits per heavy atom. The number of hydrogen-bond acceptors (Lipinski definition) is 2. The van der Waals surface area contributed by atoms with Crippen molar-refractivity contribution >= 4 is 11.6 Å². The normalized spacial score (nSPS) is 15.8. The summed E-state index contributed by atoms with van der Waals surface area (Å²) in [5, 5.41) is 3.15. The highest BCUT2D eigenvalue weighted by Gasteiger charge is 2.15. The number of carbonyl (C=O) groups is 1. The van der Waals surface area contributed by atoms with Crippen LogP contribution in [0.5, 0.6) is 0 Å². The van der Waals surface area contributed by atoms with Crippen molar-refractivity contribution in [3.05, 3.63) is 65.7 Å². The summed E-state index contributed by atoms with van der Waals surface area (Å²) in [7, 11) is 0. The number of anilines is 1. The van der Waals surface area contributed by atoms with Gasteiger partial charge in [-0.15, -0.1) is 0 Å². The average molecular weight is 322 g/mol. The molecular weight excluding hydrogens is 296 g/mol. The van der Waals surface area contributed by atoms with E-state index in [1.165, 1.54) is 24.9 Å². The van der Waals surface area contributed by atoms with Crippen molar-refractivity contribution in [2.45, 2.75) is 38.6 Å². The first-order chi connectivity index (χ1) is 11.8. The number of benzene rings is 2. The molecule has 1 heterocycles. The molecule has 3 nitrogen and oxygen atoms in total. The minimum Gasteiger partial charge on any atom is -0.372 e. The van der Waals surface area contributed by atoms with E-state index in [-0.39, 0.29) is 11.9 Å². The molecule has 0 aliphatic carbocycles. The van der Waals surface area contributed by atoms with Crippen molar-refractivity contribution in [1.82, 2.24) is 5.32 Å². The number of nitrogens with one attached hydrogen (secondary N) is 1. The van der Waals surface area contributed by atoms with Gasteiger partial charge in [0.2, 0.25) is 0 Å². The molecular formula is C21H26N2O. The summed E-state index contributed by atoms with van der Waals surface area (Å²) in [6.45, 7) is 4.34. The van der Waals surface area contributed by atoms with Crippen molar-refractivity contribution in [2.24, 2.45) is 0 Å². The number of carbonyl (C=O) groups excluding carboxylic acids is 1. The highest BCUT2D eigenvalue weighted by molar-refractivity contribution is 5.94.